The number of H-pyrrole nitrogens is 1. The molecule has 1 aromatic carbocycles. The van der Waals surface area contributed by atoms with Crippen LogP contribution in [0.3, 0.4) is 0 Å². The van der Waals surface area contributed by atoms with Crippen molar-refractivity contribution in [2.24, 2.45) is 0 Å². The molecule has 2 aromatic rings. The quantitative estimate of drug-likeness (QED) is 0.842. The molecule has 1 aliphatic carbocycles. The number of aromatic nitrogens is 2. The van der Waals surface area contributed by atoms with E-state index >= 15 is 0 Å². The average molecular weight is 256 g/mol. The third kappa shape index (κ3) is 1.62. The molecule has 0 radical (unpaired) electrons. The van der Waals surface area contributed by atoms with E-state index in [4.69, 9.17) is 9.47 Å². The van der Waals surface area contributed by atoms with E-state index in [1.165, 1.54) is 0 Å². The van der Waals surface area contributed by atoms with Gasteiger partial charge in [-0.05, 0) is 37.5 Å². The Hall–Kier alpha value is -2.30. The van der Waals surface area contributed by atoms with Gasteiger partial charge in [0.15, 0.2) is 11.5 Å². The molecule has 0 atom stereocenters. The van der Waals surface area contributed by atoms with Gasteiger partial charge in [-0.1, -0.05) is 0 Å². The zero-order valence-corrected chi connectivity index (χ0v) is 10.2. The fraction of sp³-hybridized carbons (Fsp3) is 0.286. The predicted molar refractivity (Wildman–Crippen MR) is 68.4 cm³/mol. The highest BCUT2D eigenvalue weighted by Gasteiger charge is 2.19. The lowest BCUT2D eigenvalue weighted by molar-refractivity contribution is 0.174. The summed E-state index contributed by atoms with van der Waals surface area (Å²) in [6, 6.07) is 5.57. The zero-order valence-electron chi connectivity index (χ0n) is 10.2. The fourth-order valence-corrected chi connectivity index (χ4v) is 2.62. The second-order valence-electron chi connectivity index (χ2n) is 4.76. The number of rotatable bonds is 1. The lowest BCUT2D eigenvalue weighted by atomic mass is 10.1. The smallest absolute Gasteiger partial charge is 0.254 e. The molecule has 0 unspecified atom stereocenters. The molecule has 1 aromatic heterocycles. The maximum absolute atomic E-state index is 12.0. The number of hydrogen-bond acceptors (Lipinski definition) is 4. The van der Waals surface area contributed by atoms with Gasteiger partial charge < -0.3 is 14.5 Å². The summed E-state index contributed by atoms with van der Waals surface area (Å²) >= 11 is 0. The summed E-state index contributed by atoms with van der Waals surface area (Å²) in [7, 11) is 0. The summed E-state index contributed by atoms with van der Waals surface area (Å²) in [6.07, 6.45) is 2.73. The summed E-state index contributed by atoms with van der Waals surface area (Å²) in [4.78, 5) is 19.4. The standard InChI is InChI=1S/C14H12N2O3/c17-14-9-2-1-3-10(9)15-13(16-14)8-4-5-11-12(6-8)19-7-18-11/h4-6H,1-3,7H2,(H,15,16,17). The van der Waals surface area contributed by atoms with Crippen LogP contribution in [0.25, 0.3) is 11.4 Å². The van der Waals surface area contributed by atoms with Gasteiger partial charge in [0, 0.05) is 11.1 Å². The van der Waals surface area contributed by atoms with Crippen molar-refractivity contribution in [3.8, 4) is 22.9 Å². The van der Waals surface area contributed by atoms with Crippen LogP contribution in [0.1, 0.15) is 17.7 Å². The van der Waals surface area contributed by atoms with Crippen molar-refractivity contribution < 1.29 is 9.47 Å². The van der Waals surface area contributed by atoms with E-state index < -0.39 is 0 Å². The molecule has 5 heteroatoms. The van der Waals surface area contributed by atoms with Crippen LogP contribution in [0.2, 0.25) is 0 Å². The largest absolute Gasteiger partial charge is 0.454 e. The average Bonchev–Trinajstić information content (AvgIpc) is 3.06. The highest BCUT2D eigenvalue weighted by atomic mass is 16.7. The van der Waals surface area contributed by atoms with E-state index in [9.17, 15) is 4.79 Å². The molecule has 0 bridgehead atoms. The molecule has 0 saturated heterocycles. The molecule has 0 amide bonds. The molecule has 0 spiro atoms. The first-order chi connectivity index (χ1) is 9.31. The summed E-state index contributed by atoms with van der Waals surface area (Å²) in [5.74, 6) is 2.02. The van der Waals surface area contributed by atoms with Crippen LogP contribution in [0.5, 0.6) is 11.5 Å². The molecular weight excluding hydrogens is 244 g/mol. The minimum Gasteiger partial charge on any atom is -0.454 e. The van der Waals surface area contributed by atoms with Crippen LogP contribution in [0.4, 0.5) is 0 Å². The van der Waals surface area contributed by atoms with Crippen LogP contribution >= 0.6 is 0 Å². The van der Waals surface area contributed by atoms with Gasteiger partial charge in [0.2, 0.25) is 6.79 Å². The molecule has 1 N–H and O–H groups in total. The second kappa shape index (κ2) is 3.85. The Morgan fingerprint density at radius 1 is 1.16 bits per heavy atom. The van der Waals surface area contributed by atoms with Crippen LogP contribution < -0.4 is 15.0 Å². The van der Waals surface area contributed by atoms with Gasteiger partial charge in [-0.25, -0.2) is 4.98 Å². The Kier molecular flexibility index (Phi) is 2.15. The Bertz CT molecular complexity index is 721. The van der Waals surface area contributed by atoms with Crippen molar-refractivity contribution in [1.29, 1.82) is 0 Å². The summed E-state index contributed by atoms with van der Waals surface area (Å²) in [5.41, 5.74) is 2.59. The van der Waals surface area contributed by atoms with E-state index in [1.54, 1.807) is 0 Å². The number of nitrogens with zero attached hydrogens (tertiary/aromatic N) is 1. The topological polar surface area (TPSA) is 64.2 Å². The molecule has 2 heterocycles. The second-order valence-corrected chi connectivity index (χ2v) is 4.76. The maximum Gasteiger partial charge on any atom is 0.254 e. The lowest BCUT2D eigenvalue weighted by Crippen LogP contribution is -2.15. The molecule has 4 rings (SSSR count). The first-order valence-electron chi connectivity index (χ1n) is 6.33. The van der Waals surface area contributed by atoms with Crippen LogP contribution in [0, 0.1) is 0 Å². The Morgan fingerprint density at radius 2 is 2.05 bits per heavy atom. The van der Waals surface area contributed by atoms with Gasteiger partial charge in [-0.3, -0.25) is 4.79 Å². The lowest BCUT2D eigenvalue weighted by Gasteiger charge is -2.05. The third-order valence-electron chi connectivity index (χ3n) is 3.59. The van der Waals surface area contributed by atoms with Gasteiger partial charge in [0.05, 0.1) is 5.69 Å². The van der Waals surface area contributed by atoms with Crippen molar-refractivity contribution in [3.63, 3.8) is 0 Å². The molecule has 1 aliphatic heterocycles. The molecule has 0 saturated carbocycles. The highest BCUT2D eigenvalue weighted by molar-refractivity contribution is 5.61. The number of hydrogen-bond donors (Lipinski definition) is 1. The van der Waals surface area contributed by atoms with Crippen molar-refractivity contribution in [1.82, 2.24) is 9.97 Å². The number of ether oxygens (including phenoxy) is 2. The molecule has 19 heavy (non-hydrogen) atoms. The van der Waals surface area contributed by atoms with Gasteiger partial charge in [0.25, 0.3) is 5.56 Å². The van der Waals surface area contributed by atoms with E-state index in [1.807, 2.05) is 18.2 Å². The minimum absolute atomic E-state index is 0.0184. The minimum atomic E-state index is -0.0184. The SMILES string of the molecule is O=c1[nH]c(-c2ccc3c(c2)OCO3)nc2c1CCC2. The van der Waals surface area contributed by atoms with Gasteiger partial charge in [-0.15, -0.1) is 0 Å². The van der Waals surface area contributed by atoms with Crippen molar-refractivity contribution in [2.75, 3.05) is 6.79 Å². The number of aromatic amines is 1. The van der Waals surface area contributed by atoms with Crippen molar-refractivity contribution in [2.45, 2.75) is 19.3 Å². The first-order valence-corrected chi connectivity index (χ1v) is 6.33. The molecular formula is C14H12N2O3. The Balaban J connectivity index is 1.85. The fourth-order valence-electron chi connectivity index (χ4n) is 2.62. The van der Waals surface area contributed by atoms with Crippen molar-refractivity contribution >= 4 is 0 Å². The molecule has 5 nitrogen and oxygen atoms in total. The molecule has 2 aliphatic rings. The normalized spacial score (nSPS) is 15.6. The van der Waals surface area contributed by atoms with Gasteiger partial charge in [-0.2, -0.15) is 0 Å². The van der Waals surface area contributed by atoms with Gasteiger partial charge in [0.1, 0.15) is 5.82 Å². The maximum atomic E-state index is 12.0. The summed E-state index contributed by atoms with van der Waals surface area (Å²) < 4.78 is 10.6. The van der Waals surface area contributed by atoms with E-state index in [-0.39, 0.29) is 12.4 Å². The number of benzene rings is 1. The molecule has 0 fully saturated rings. The molecule has 96 valence electrons. The number of nitrogens with one attached hydrogen (secondary N) is 1. The Labute approximate surface area is 109 Å². The highest BCUT2D eigenvalue weighted by Crippen LogP contribution is 2.35. The number of aryl methyl sites for hydroxylation is 1. The Morgan fingerprint density at radius 3 is 3.00 bits per heavy atom. The van der Waals surface area contributed by atoms with Crippen LogP contribution in [-0.2, 0) is 12.8 Å². The third-order valence-corrected chi connectivity index (χ3v) is 3.59. The summed E-state index contributed by atoms with van der Waals surface area (Å²) in [5, 5.41) is 0. The monoisotopic (exact) mass is 256 g/mol. The first kappa shape index (κ1) is 10.6. The van der Waals surface area contributed by atoms with E-state index in [0.717, 1.165) is 41.8 Å². The number of fused-ring (bicyclic) bond motifs is 2. The summed E-state index contributed by atoms with van der Waals surface area (Å²) in [6.45, 7) is 0.243. The van der Waals surface area contributed by atoms with E-state index in [2.05, 4.69) is 9.97 Å². The van der Waals surface area contributed by atoms with Crippen LogP contribution in [-0.4, -0.2) is 16.8 Å². The van der Waals surface area contributed by atoms with E-state index in [0.29, 0.717) is 11.6 Å². The van der Waals surface area contributed by atoms with Crippen LogP contribution in [0.15, 0.2) is 23.0 Å². The van der Waals surface area contributed by atoms with Gasteiger partial charge >= 0.3 is 0 Å². The predicted octanol–water partition coefficient (Wildman–Crippen LogP) is 1.65. The van der Waals surface area contributed by atoms with Crippen molar-refractivity contribution in [3.05, 3.63) is 39.8 Å². The zero-order chi connectivity index (χ0) is 12.8.